The molecule has 0 spiro atoms. The number of primary amides is 1. The third-order valence-corrected chi connectivity index (χ3v) is 5.47. The van der Waals surface area contributed by atoms with Gasteiger partial charge in [-0.05, 0) is 31.4 Å². The van der Waals surface area contributed by atoms with Gasteiger partial charge in [0.2, 0.25) is 15.9 Å². The molecule has 0 saturated carbocycles. The first-order chi connectivity index (χ1) is 8.85. The Labute approximate surface area is 112 Å². The van der Waals surface area contributed by atoms with Gasteiger partial charge in [-0.3, -0.25) is 4.79 Å². The van der Waals surface area contributed by atoms with E-state index in [1.807, 2.05) is 0 Å². The van der Waals surface area contributed by atoms with E-state index in [4.69, 9.17) is 11.5 Å². The predicted octanol–water partition coefficient (Wildman–Crippen LogP) is 0.216. The molecule has 1 amide bonds. The monoisotopic (exact) mass is 283 g/mol. The molecule has 1 heterocycles. The molecule has 1 aliphatic heterocycles. The number of rotatable bonds is 3. The van der Waals surface area contributed by atoms with Crippen LogP contribution in [0.2, 0.25) is 0 Å². The average Bonchev–Trinajstić information content (AvgIpc) is 2.77. The lowest BCUT2D eigenvalue weighted by Gasteiger charge is -2.23. The number of benzene rings is 1. The van der Waals surface area contributed by atoms with Crippen LogP contribution in [-0.2, 0) is 14.8 Å². The lowest BCUT2D eigenvalue weighted by atomic mass is 10.2. The highest BCUT2D eigenvalue weighted by atomic mass is 32.2. The summed E-state index contributed by atoms with van der Waals surface area (Å²) in [4.78, 5) is 11.4. The first kappa shape index (κ1) is 13.8. The fourth-order valence-corrected chi connectivity index (χ4v) is 4.45. The number of nitrogen functional groups attached to an aromatic ring is 1. The third-order valence-electron chi connectivity index (χ3n) is 3.34. The van der Waals surface area contributed by atoms with Gasteiger partial charge in [0.25, 0.3) is 0 Å². The highest BCUT2D eigenvalue weighted by Crippen LogP contribution is 2.30. The number of carbonyl (C=O) groups is 1. The van der Waals surface area contributed by atoms with Gasteiger partial charge in [0.1, 0.15) is 10.9 Å². The lowest BCUT2D eigenvalue weighted by molar-refractivity contribution is -0.121. The number of anilines is 1. The summed E-state index contributed by atoms with van der Waals surface area (Å²) in [5, 5.41) is 0. The Bertz CT molecular complexity index is 592. The maximum Gasteiger partial charge on any atom is 0.246 e. The number of hydrogen-bond acceptors (Lipinski definition) is 4. The molecule has 1 atom stereocenters. The van der Waals surface area contributed by atoms with Crippen LogP contribution in [0, 0.1) is 6.92 Å². The molecular weight excluding hydrogens is 266 g/mol. The summed E-state index contributed by atoms with van der Waals surface area (Å²) in [6.45, 7) is 1.97. The van der Waals surface area contributed by atoms with E-state index in [2.05, 4.69) is 0 Å². The lowest BCUT2D eigenvalue weighted by Crippen LogP contribution is -2.43. The molecule has 4 N–H and O–H groups in total. The van der Waals surface area contributed by atoms with Crippen molar-refractivity contribution in [3.8, 4) is 0 Å². The summed E-state index contributed by atoms with van der Waals surface area (Å²) < 4.78 is 26.4. The molecule has 0 radical (unpaired) electrons. The molecular formula is C12H17N3O3S. The minimum atomic E-state index is -3.79. The van der Waals surface area contributed by atoms with E-state index in [1.54, 1.807) is 19.1 Å². The van der Waals surface area contributed by atoms with Crippen molar-refractivity contribution in [2.24, 2.45) is 5.73 Å². The largest absolute Gasteiger partial charge is 0.398 e. The summed E-state index contributed by atoms with van der Waals surface area (Å²) in [5.74, 6) is -0.617. The van der Waals surface area contributed by atoms with Crippen molar-refractivity contribution in [2.45, 2.75) is 30.7 Å². The summed E-state index contributed by atoms with van der Waals surface area (Å²) >= 11 is 0. The van der Waals surface area contributed by atoms with Crippen molar-refractivity contribution in [2.75, 3.05) is 12.3 Å². The highest BCUT2D eigenvalue weighted by molar-refractivity contribution is 7.89. The van der Waals surface area contributed by atoms with E-state index in [-0.39, 0.29) is 10.6 Å². The van der Waals surface area contributed by atoms with Gasteiger partial charge in [-0.2, -0.15) is 4.31 Å². The minimum Gasteiger partial charge on any atom is -0.398 e. The fraction of sp³-hybridized carbons (Fsp3) is 0.417. The molecule has 1 aromatic carbocycles. The van der Waals surface area contributed by atoms with Crippen molar-refractivity contribution in [3.05, 3.63) is 23.8 Å². The zero-order chi connectivity index (χ0) is 14.2. The van der Waals surface area contributed by atoms with Gasteiger partial charge < -0.3 is 11.5 Å². The minimum absolute atomic E-state index is 0.0724. The van der Waals surface area contributed by atoms with Crippen molar-refractivity contribution in [1.29, 1.82) is 0 Å². The van der Waals surface area contributed by atoms with Gasteiger partial charge in [0, 0.05) is 6.54 Å². The summed E-state index contributed by atoms with van der Waals surface area (Å²) in [6.07, 6.45) is 1.08. The Morgan fingerprint density at radius 3 is 2.68 bits per heavy atom. The Morgan fingerprint density at radius 2 is 2.11 bits per heavy atom. The first-order valence-corrected chi connectivity index (χ1v) is 7.46. The summed E-state index contributed by atoms with van der Waals surface area (Å²) in [6, 6.07) is 4.14. The van der Waals surface area contributed by atoms with Crippen LogP contribution in [0.3, 0.4) is 0 Å². The smallest absolute Gasteiger partial charge is 0.246 e. The molecule has 2 rings (SSSR count). The summed E-state index contributed by atoms with van der Waals surface area (Å²) in [5.41, 5.74) is 11.8. The Morgan fingerprint density at radius 1 is 1.42 bits per heavy atom. The standard InChI is InChI=1S/C12H17N3O3S/c1-8-4-2-5-9(13)11(8)19(17,18)15-7-3-6-10(15)12(14)16/h2,4-5,10H,3,6-7,13H2,1H3,(H2,14,16). The Hall–Kier alpha value is -1.60. The van der Waals surface area contributed by atoms with Crippen LogP contribution in [0.15, 0.2) is 23.1 Å². The number of aryl methyl sites for hydroxylation is 1. The van der Waals surface area contributed by atoms with Gasteiger partial charge in [0.15, 0.2) is 0 Å². The van der Waals surface area contributed by atoms with E-state index < -0.39 is 22.0 Å². The van der Waals surface area contributed by atoms with Gasteiger partial charge in [-0.1, -0.05) is 12.1 Å². The van der Waals surface area contributed by atoms with Crippen molar-refractivity contribution in [3.63, 3.8) is 0 Å². The molecule has 0 bridgehead atoms. The number of nitrogens with zero attached hydrogens (tertiary/aromatic N) is 1. The molecule has 7 heteroatoms. The molecule has 0 aromatic heterocycles. The third kappa shape index (κ3) is 2.31. The molecule has 104 valence electrons. The highest BCUT2D eigenvalue weighted by Gasteiger charge is 2.39. The number of nitrogens with two attached hydrogens (primary N) is 2. The average molecular weight is 283 g/mol. The molecule has 1 aliphatic rings. The molecule has 1 aromatic rings. The van der Waals surface area contributed by atoms with Crippen LogP contribution >= 0.6 is 0 Å². The molecule has 19 heavy (non-hydrogen) atoms. The van der Waals surface area contributed by atoms with Crippen LogP contribution in [-0.4, -0.2) is 31.2 Å². The number of carbonyl (C=O) groups excluding carboxylic acids is 1. The van der Waals surface area contributed by atoms with E-state index in [9.17, 15) is 13.2 Å². The second-order valence-electron chi connectivity index (χ2n) is 4.67. The zero-order valence-electron chi connectivity index (χ0n) is 10.7. The quantitative estimate of drug-likeness (QED) is 0.773. The van der Waals surface area contributed by atoms with Crippen molar-refractivity contribution < 1.29 is 13.2 Å². The second-order valence-corrected chi connectivity index (χ2v) is 6.50. The van der Waals surface area contributed by atoms with E-state index in [0.717, 1.165) is 4.31 Å². The van der Waals surface area contributed by atoms with Crippen LogP contribution in [0.5, 0.6) is 0 Å². The predicted molar refractivity (Wildman–Crippen MR) is 71.7 cm³/mol. The zero-order valence-corrected chi connectivity index (χ0v) is 11.5. The maximum atomic E-state index is 12.6. The Kier molecular flexibility index (Phi) is 3.51. The molecule has 1 saturated heterocycles. The van der Waals surface area contributed by atoms with Gasteiger partial charge in [0.05, 0.1) is 5.69 Å². The van der Waals surface area contributed by atoms with Crippen molar-refractivity contribution in [1.82, 2.24) is 4.31 Å². The van der Waals surface area contributed by atoms with E-state index in [1.165, 1.54) is 6.07 Å². The van der Waals surface area contributed by atoms with Crippen LogP contribution < -0.4 is 11.5 Å². The fourth-order valence-electron chi connectivity index (χ4n) is 2.46. The maximum absolute atomic E-state index is 12.6. The van der Waals surface area contributed by atoms with Gasteiger partial charge >= 0.3 is 0 Å². The number of sulfonamides is 1. The van der Waals surface area contributed by atoms with Crippen LogP contribution in [0.1, 0.15) is 18.4 Å². The topological polar surface area (TPSA) is 106 Å². The molecule has 0 aliphatic carbocycles. The first-order valence-electron chi connectivity index (χ1n) is 6.02. The van der Waals surface area contributed by atoms with Crippen LogP contribution in [0.25, 0.3) is 0 Å². The van der Waals surface area contributed by atoms with Crippen molar-refractivity contribution >= 4 is 21.6 Å². The summed E-state index contributed by atoms with van der Waals surface area (Å²) in [7, 11) is -3.79. The number of hydrogen-bond donors (Lipinski definition) is 2. The SMILES string of the molecule is Cc1cccc(N)c1S(=O)(=O)N1CCCC1C(N)=O. The van der Waals surface area contributed by atoms with E-state index >= 15 is 0 Å². The normalized spacial score (nSPS) is 20.6. The van der Waals surface area contributed by atoms with Crippen LogP contribution in [0.4, 0.5) is 5.69 Å². The van der Waals surface area contributed by atoms with Gasteiger partial charge in [-0.15, -0.1) is 0 Å². The molecule has 1 fully saturated rings. The number of amides is 1. The van der Waals surface area contributed by atoms with E-state index in [0.29, 0.717) is 24.9 Å². The Balaban J connectivity index is 2.51. The second kappa shape index (κ2) is 4.82. The molecule has 1 unspecified atom stereocenters. The van der Waals surface area contributed by atoms with Gasteiger partial charge in [-0.25, -0.2) is 8.42 Å². The molecule has 6 nitrogen and oxygen atoms in total.